The standard InChI is InChI=1S/C20H19NO/c1-21(11-12-22)13-17-8-7-16-6-5-14-3-2-4-15-9-10-18(17)20(16)19(14)15/h2-10,22H,11-13H2,1H3. The number of benzene rings is 4. The molecule has 110 valence electrons. The van der Waals surface area contributed by atoms with E-state index in [1.807, 2.05) is 7.05 Å². The highest BCUT2D eigenvalue weighted by Crippen LogP contribution is 2.36. The Morgan fingerprint density at radius 3 is 2.18 bits per heavy atom. The third-order valence-electron chi connectivity index (χ3n) is 4.54. The third-order valence-corrected chi connectivity index (χ3v) is 4.54. The summed E-state index contributed by atoms with van der Waals surface area (Å²) in [7, 11) is 2.05. The van der Waals surface area contributed by atoms with Crippen molar-refractivity contribution in [1.82, 2.24) is 4.90 Å². The van der Waals surface area contributed by atoms with Crippen molar-refractivity contribution in [3.05, 3.63) is 60.2 Å². The molecule has 0 bridgehead atoms. The SMILES string of the molecule is CN(CCO)Cc1ccc2ccc3cccc4ccc1c2c34. The first-order chi connectivity index (χ1) is 10.8. The second-order valence-corrected chi connectivity index (χ2v) is 6.04. The van der Waals surface area contributed by atoms with Gasteiger partial charge in [-0.1, -0.05) is 54.6 Å². The van der Waals surface area contributed by atoms with Gasteiger partial charge in [-0.3, -0.25) is 4.90 Å². The van der Waals surface area contributed by atoms with Crippen molar-refractivity contribution in [2.75, 3.05) is 20.2 Å². The van der Waals surface area contributed by atoms with E-state index in [0.717, 1.165) is 6.54 Å². The molecule has 0 saturated carbocycles. The average Bonchev–Trinajstić information content (AvgIpc) is 2.54. The van der Waals surface area contributed by atoms with Gasteiger partial charge >= 0.3 is 0 Å². The molecule has 0 heterocycles. The zero-order chi connectivity index (χ0) is 15.1. The molecule has 0 amide bonds. The summed E-state index contributed by atoms with van der Waals surface area (Å²) >= 11 is 0. The molecule has 0 aromatic heterocycles. The first kappa shape index (κ1) is 13.5. The van der Waals surface area contributed by atoms with E-state index in [2.05, 4.69) is 59.5 Å². The molecule has 0 radical (unpaired) electrons. The third kappa shape index (κ3) is 2.04. The second-order valence-electron chi connectivity index (χ2n) is 6.04. The molecule has 4 rings (SSSR count). The van der Waals surface area contributed by atoms with Crippen molar-refractivity contribution >= 4 is 32.3 Å². The molecule has 1 N–H and O–H groups in total. The minimum Gasteiger partial charge on any atom is -0.395 e. The molecule has 2 nitrogen and oxygen atoms in total. The van der Waals surface area contributed by atoms with E-state index in [1.54, 1.807) is 0 Å². The molecular weight excluding hydrogens is 270 g/mol. The van der Waals surface area contributed by atoms with Gasteiger partial charge in [-0.15, -0.1) is 0 Å². The van der Waals surface area contributed by atoms with Crippen LogP contribution < -0.4 is 0 Å². The minimum atomic E-state index is 0.197. The fourth-order valence-electron chi connectivity index (χ4n) is 3.47. The molecule has 0 fully saturated rings. The van der Waals surface area contributed by atoms with Crippen LogP contribution in [0.25, 0.3) is 32.3 Å². The molecular formula is C20H19NO. The van der Waals surface area contributed by atoms with E-state index in [1.165, 1.54) is 37.9 Å². The van der Waals surface area contributed by atoms with Crippen LogP contribution in [-0.4, -0.2) is 30.2 Å². The fraction of sp³-hybridized carbons (Fsp3) is 0.200. The number of aliphatic hydroxyl groups excluding tert-OH is 1. The Kier molecular flexibility index (Phi) is 3.21. The number of aliphatic hydroxyl groups is 1. The summed E-state index contributed by atoms with van der Waals surface area (Å²) in [5.41, 5.74) is 1.32. The average molecular weight is 289 g/mol. The monoisotopic (exact) mass is 289 g/mol. The lowest BCUT2D eigenvalue weighted by Crippen LogP contribution is -2.21. The Morgan fingerprint density at radius 1 is 0.818 bits per heavy atom. The number of likely N-dealkylation sites (N-methyl/N-ethyl adjacent to an activating group) is 1. The molecule has 2 heteroatoms. The first-order valence-corrected chi connectivity index (χ1v) is 7.73. The van der Waals surface area contributed by atoms with Crippen molar-refractivity contribution in [2.24, 2.45) is 0 Å². The van der Waals surface area contributed by atoms with E-state index in [9.17, 15) is 0 Å². The summed E-state index contributed by atoms with van der Waals surface area (Å²) in [5, 5.41) is 17.1. The molecule has 22 heavy (non-hydrogen) atoms. The van der Waals surface area contributed by atoms with E-state index in [-0.39, 0.29) is 6.61 Å². The first-order valence-electron chi connectivity index (χ1n) is 7.73. The van der Waals surface area contributed by atoms with Crippen LogP contribution in [0.2, 0.25) is 0 Å². The lowest BCUT2D eigenvalue weighted by Gasteiger charge is -2.18. The van der Waals surface area contributed by atoms with Gasteiger partial charge in [0, 0.05) is 13.1 Å². The Hall–Kier alpha value is -2.16. The highest BCUT2D eigenvalue weighted by atomic mass is 16.3. The predicted octanol–water partition coefficient (Wildman–Crippen LogP) is 4.01. The Morgan fingerprint density at radius 2 is 1.45 bits per heavy atom. The van der Waals surface area contributed by atoms with Gasteiger partial charge in [0.05, 0.1) is 6.61 Å². The maximum absolute atomic E-state index is 9.11. The number of nitrogens with zero attached hydrogens (tertiary/aromatic N) is 1. The van der Waals surface area contributed by atoms with Gasteiger partial charge in [-0.2, -0.15) is 0 Å². The Labute approximate surface area is 129 Å². The van der Waals surface area contributed by atoms with Crippen LogP contribution in [0.15, 0.2) is 54.6 Å². The zero-order valence-corrected chi connectivity index (χ0v) is 12.7. The lowest BCUT2D eigenvalue weighted by molar-refractivity contribution is 0.217. The molecule has 4 aromatic carbocycles. The summed E-state index contributed by atoms with van der Waals surface area (Å²) in [6.07, 6.45) is 0. The molecule has 0 atom stereocenters. The van der Waals surface area contributed by atoms with Crippen molar-refractivity contribution in [3.8, 4) is 0 Å². The topological polar surface area (TPSA) is 23.5 Å². The van der Waals surface area contributed by atoms with Crippen molar-refractivity contribution < 1.29 is 5.11 Å². The lowest BCUT2D eigenvalue weighted by atomic mass is 9.92. The van der Waals surface area contributed by atoms with E-state index in [4.69, 9.17) is 5.11 Å². The zero-order valence-electron chi connectivity index (χ0n) is 12.7. The molecule has 0 aliphatic carbocycles. The van der Waals surface area contributed by atoms with E-state index in [0.29, 0.717) is 6.54 Å². The van der Waals surface area contributed by atoms with Crippen LogP contribution >= 0.6 is 0 Å². The van der Waals surface area contributed by atoms with Crippen LogP contribution in [0.5, 0.6) is 0 Å². The largest absolute Gasteiger partial charge is 0.395 e. The van der Waals surface area contributed by atoms with Gasteiger partial charge in [0.25, 0.3) is 0 Å². The van der Waals surface area contributed by atoms with Crippen LogP contribution in [-0.2, 0) is 6.54 Å². The van der Waals surface area contributed by atoms with E-state index >= 15 is 0 Å². The van der Waals surface area contributed by atoms with Crippen molar-refractivity contribution in [2.45, 2.75) is 6.54 Å². The fourth-order valence-corrected chi connectivity index (χ4v) is 3.47. The quantitative estimate of drug-likeness (QED) is 0.574. The highest BCUT2D eigenvalue weighted by Gasteiger charge is 2.11. The van der Waals surface area contributed by atoms with Crippen LogP contribution in [0, 0.1) is 0 Å². The van der Waals surface area contributed by atoms with Gasteiger partial charge in [0.15, 0.2) is 0 Å². The van der Waals surface area contributed by atoms with Gasteiger partial charge in [-0.05, 0) is 44.9 Å². The summed E-state index contributed by atoms with van der Waals surface area (Å²) in [6, 6.07) is 19.8. The molecule has 0 aliphatic rings. The van der Waals surface area contributed by atoms with Gasteiger partial charge in [-0.25, -0.2) is 0 Å². The number of hydrogen-bond donors (Lipinski definition) is 1. The summed E-state index contributed by atoms with van der Waals surface area (Å²) in [4.78, 5) is 2.16. The van der Waals surface area contributed by atoms with E-state index < -0.39 is 0 Å². The highest BCUT2D eigenvalue weighted by molar-refractivity contribution is 6.23. The molecule has 0 aliphatic heterocycles. The van der Waals surface area contributed by atoms with Gasteiger partial charge < -0.3 is 5.11 Å². The molecule has 4 aromatic rings. The normalized spacial score (nSPS) is 12.1. The van der Waals surface area contributed by atoms with Crippen LogP contribution in [0.3, 0.4) is 0 Å². The second kappa shape index (κ2) is 5.24. The van der Waals surface area contributed by atoms with Crippen molar-refractivity contribution in [1.29, 1.82) is 0 Å². The Balaban J connectivity index is 2.00. The predicted molar refractivity (Wildman–Crippen MR) is 93.6 cm³/mol. The number of rotatable bonds is 4. The van der Waals surface area contributed by atoms with Crippen LogP contribution in [0.1, 0.15) is 5.56 Å². The van der Waals surface area contributed by atoms with Crippen molar-refractivity contribution in [3.63, 3.8) is 0 Å². The summed E-state index contributed by atoms with van der Waals surface area (Å²) < 4.78 is 0. The molecule has 0 spiro atoms. The minimum absolute atomic E-state index is 0.197. The molecule has 0 saturated heterocycles. The Bertz CT molecular complexity index is 928. The van der Waals surface area contributed by atoms with Crippen LogP contribution in [0.4, 0.5) is 0 Å². The smallest absolute Gasteiger partial charge is 0.0558 e. The van der Waals surface area contributed by atoms with Gasteiger partial charge in [0.1, 0.15) is 0 Å². The summed E-state index contributed by atoms with van der Waals surface area (Å²) in [6.45, 7) is 1.75. The molecule has 0 unspecified atom stereocenters. The summed E-state index contributed by atoms with van der Waals surface area (Å²) in [5.74, 6) is 0. The maximum atomic E-state index is 9.11. The maximum Gasteiger partial charge on any atom is 0.0558 e. The number of hydrogen-bond acceptors (Lipinski definition) is 2. The van der Waals surface area contributed by atoms with Gasteiger partial charge in [0.2, 0.25) is 0 Å².